The molecule has 0 radical (unpaired) electrons. The molecular weight excluding hydrogens is 262 g/mol. The molecule has 5 heteroatoms. The second kappa shape index (κ2) is 6.10. The van der Waals surface area contributed by atoms with Crippen molar-refractivity contribution in [2.24, 2.45) is 5.73 Å². The third-order valence-electron chi connectivity index (χ3n) is 3.71. The Hall–Kier alpha value is -2.14. The summed E-state index contributed by atoms with van der Waals surface area (Å²) in [6, 6.07) is 8.68. The Kier molecular flexibility index (Phi) is 4.01. The molecular formula is C16H21N5. The Labute approximate surface area is 124 Å². The molecule has 3 rings (SSSR count). The highest BCUT2D eigenvalue weighted by Gasteiger charge is 2.07. The molecule has 2 aromatic heterocycles. The van der Waals surface area contributed by atoms with Gasteiger partial charge in [0.25, 0.3) is 0 Å². The number of benzene rings is 1. The maximum atomic E-state index is 5.65. The molecule has 0 fully saturated rings. The summed E-state index contributed by atoms with van der Waals surface area (Å²) < 4.78 is 4.21. The molecule has 2 N–H and O–H groups in total. The number of hydrogen-bond donors (Lipinski definition) is 1. The number of nitrogens with two attached hydrogens (primary N) is 1. The van der Waals surface area contributed by atoms with Crippen LogP contribution in [0.15, 0.2) is 36.8 Å². The van der Waals surface area contributed by atoms with Crippen LogP contribution in [0.5, 0.6) is 0 Å². The Morgan fingerprint density at radius 3 is 2.95 bits per heavy atom. The minimum Gasteiger partial charge on any atom is -0.340 e. The summed E-state index contributed by atoms with van der Waals surface area (Å²) in [5, 5.41) is 5.54. The fourth-order valence-corrected chi connectivity index (χ4v) is 2.65. The third-order valence-corrected chi connectivity index (χ3v) is 3.71. The van der Waals surface area contributed by atoms with E-state index in [4.69, 9.17) is 5.73 Å². The van der Waals surface area contributed by atoms with Crippen molar-refractivity contribution in [1.82, 2.24) is 19.3 Å². The van der Waals surface area contributed by atoms with Crippen molar-refractivity contribution in [3.8, 4) is 0 Å². The summed E-state index contributed by atoms with van der Waals surface area (Å²) in [6.07, 6.45) is 5.72. The van der Waals surface area contributed by atoms with Gasteiger partial charge in [0.2, 0.25) is 0 Å². The Morgan fingerprint density at radius 1 is 1.24 bits per heavy atom. The molecule has 5 nitrogen and oxygen atoms in total. The van der Waals surface area contributed by atoms with Gasteiger partial charge >= 0.3 is 0 Å². The lowest BCUT2D eigenvalue weighted by atomic mass is 10.1. The SMILES string of the molecule is CCCn1ncnc1Cn1ccc2ccc(CCN)cc21. The summed E-state index contributed by atoms with van der Waals surface area (Å²) in [5.74, 6) is 0.999. The van der Waals surface area contributed by atoms with Crippen LogP contribution in [-0.4, -0.2) is 25.9 Å². The van der Waals surface area contributed by atoms with Crippen molar-refractivity contribution < 1.29 is 0 Å². The number of rotatable bonds is 6. The molecule has 2 heterocycles. The molecule has 0 bridgehead atoms. The summed E-state index contributed by atoms with van der Waals surface area (Å²) in [6.45, 7) is 4.48. The molecule has 0 spiro atoms. The van der Waals surface area contributed by atoms with E-state index < -0.39 is 0 Å². The monoisotopic (exact) mass is 283 g/mol. The first-order valence-corrected chi connectivity index (χ1v) is 7.46. The average Bonchev–Trinajstić information content (AvgIpc) is 3.08. The highest BCUT2D eigenvalue weighted by atomic mass is 15.3. The number of aromatic nitrogens is 4. The van der Waals surface area contributed by atoms with Gasteiger partial charge in [0.05, 0.1) is 6.54 Å². The van der Waals surface area contributed by atoms with E-state index in [0.717, 1.165) is 31.8 Å². The van der Waals surface area contributed by atoms with E-state index in [0.29, 0.717) is 6.54 Å². The van der Waals surface area contributed by atoms with Crippen LogP contribution in [0.4, 0.5) is 0 Å². The summed E-state index contributed by atoms with van der Waals surface area (Å²) in [7, 11) is 0. The number of aryl methyl sites for hydroxylation is 1. The van der Waals surface area contributed by atoms with Gasteiger partial charge < -0.3 is 10.3 Å². The second-order valence-corrected chi connectivity index (χ2v) is 5.27. The van der Waals surface area contributed by atoms with Crippen molar-refractivity contribution in [3.63, 3.8) is 0 Å². The van der Waals surface area contributed by atoms with E-state index in [1.54, 1.807) is 6.33 Å². The van der Waals surface area contributed by atoms with Crippen molar-refractivity contribution in [2.45, 2.75) is 32.9 Å². The second-order valence-electron chi connectivity index (χ2n) is 5.27. The summed E-state index contributed by atoms with van der Waals surface area (Å²) >= 11 is 0. The normalized spacial score (nSPS) is 11.3. The maximum Gasteiger partial charge on any atom is 0.146 e. The van der Waals surface area contributed by atoms with Crippen LogP contribution in [-0.2, 0) is 19.5 Å². The standard InChI is InChI=1S/C16H21N5/c1-2-8-21-16(18-12-19-21)11-20-9-6-14-4-3-13(5-7-17)10-15(14)20/h3-4,6,9-10,12H,2,5,7-8,11,17H2,1H3. The van der Waals surface area contributed by atoms with E-state index in [9.17, 15) is 0 Å². The van der Waals surface area contributed by atoms with Gasteiger partial charge in [-0.3, -0.25) is 0 Å². The summed E-state index contributed by atoms with van der Waals surface area (Å²) in [4.78, 5) is 4.39. The Morgan fingerprint density at radius 2 is 2.14 bits per heavy atom. The van der Waals surface area contributed by atoms with Gasteiger partial charge in [0.1, 0.15) is 12.2 Å². The first-order valence-electron chi connectivity index (χ1n) is 7.46. The van der Waals surface area contributed by atoms with Crippen LogP contribution in [0, 0.1) is 0 Å². The van der Waals surface area contributed by atoms with Crippen molar-refractivity contribution in [1.29, 1.82) is 0 Å². The molecule has 110 valence electrons. The van der Waals surface area contributed by atoms with Crippen molar-refractivity contribution in [2.75, 3.05) is 6.54 Å². The van der Waals surface area contributed by atoms with Gasteiger partial charge in [-0.25, -0.2) is 9.67 Å². The van der Waals surface area contributed by atoms with Crippen LogP contribution in [0.3, 0.4) is 0 Å². The lowest BCUT2D eigenvalue weighted by molar-refractivity contribution is 0.557. The Balaban J connectivity index is 1.92. The van der Waals surface area contributed by atoms with Gasteiger partial charge in [0.15, 0.2) is 0 Å². The van der Waals surface area contributed by atoms with E-state index >= 15 is 0 Å². The molecule has 0 saturated heterocycles. The first-order chi connectivity index (χ1) is 10.3. The van der Waals surface area contributed by atoms with Crippen LogP contribution in [0.2, 0.25) is 0 Å². The van der Waals surface area contributed by atoms with Gasteiger partial charge in [-0.15, -0.1) is 0 Å². The van der Waals surface area contributed by atoms with Crippen LogP contribution in [0.1, 0.15) is 24.7 Å². The molecule has 21 heavy (non-hydrogen) atoms. The molecule has 0 amide bonds. The van der Waals surface area contributed by atoms with Gasteiger partial charge in [-0.1, -0.05) is 19.1 Å². The predicted molar refractivity (Wildman–Crippen MR) is 84.1 cm³/mol. The minimum atomic E-state index is 0.678. The van der Waals surface area contributed by atoms with Crippen LogP contribution < -0.4 is 5.73 Å². The quantitative estimate of drug-likeness (QED) is 0.754. The summed E-state index contributed by atoms with van der Waals surface area (Å²) in [5.41, 5.74) is 8.16. The molecule has 3 aromatic rings. The lowest BCUT2D eigenvalue weighted by Crippen LogP contribution is -2.09. The molecule has 0 saturated carbocycles. The van der Waals surface area contributed by atoms with E-state index in [-0.39, 0.29) is 0 Å². The molecule has 0 atom stereocenters. The van der Waals surface area contributed by atoms with Crippen molar-refractivity contribution >= 4 is 10.9 Å². The minimum absolute atomic E-state index is 0.678. The van der Waals surface area contributed by atoms with Crippen molar-refractivity contribution in [3.05, 3.63) is 48.2 Å². The van der Waals surface area contributed by atoms with E-state index in [1.165, 1.54) is 16.5 Å². The third kappa shape index (κ3) is 2.83. The van der Waals surface area contributed by atoms with Gasteiger partial charge in [0, 0.05) is 18.3 Å². The maximum absolute atomic E-state index is 5.65. The zero-order chi connectivity index (χ0) is 14.7. The number of fused-ring (bicyclic) bond motifs is 1. The highest BCUT2D eigenvalue weighted by Crippen LogP contribution is 2.19. The fraction of sp³-hybridized carbons (Fsp3) is 0.375. The van der Waals surface area contributed by atoms with Gasteiger partial charge in [-0.05, 0) is 42.5 Å². The highest BCUT2D eigenvalue weighted by molar-refractivity contribution is 5.80. The number of nitrogens with zero attached hydrogens (tertiary/aromatic N) is 4. The van der Waals surface area contributed by atoms with Gasteiger partial charge in [-0.2, -0.15) is 5.10 Å². The fourth-order valence-electron chi connectivity index (χ4n) is 2.65. The first kappa shape index (κ1) is 13.8. The largest absolute Gasteiger partial charge is 0.340 e. The topological polar surface area (TPSA) is 61.7 Å². The lowest BCUT2D eigenvalue weighted by Gasteiger charge is -2.08. The molecule has 0 aliphatic heterocycles. The predicted octanol–water partition coefficient (Wildman–Crippen LogP) is 2.19. The molecule has 1 aromatic carbocycles. The zero-order valence-corrected chi connectivity index (χ0v) is 12.4. The Bertz CT molecular complexity index is 725. The van der Waals surface area contributed by atoms with E-state index in [1.807, 2.05) is 4.68 Å². The average molecular weight is 283 g/mol. The molecule has 0 unspecified atom stereocenters. The zero-order valence-electron chi connectivity index (χ0n) is 12.4. The molecule has 0 aliphatic carbocycles. The van der Waals surface area contributed by atoms with Crippen LogP contribution in [0.25, 0.3) is 10.9 Å². The number of hydrogen-bond acceptors (Lipinski definition) is 3. The smallest absolute Gasteiger partial charge is 0.146 e. The van der Waals surface area contributed by atoms with E-state index in [2.05, 4.69) is 52.0 Å². The molecule has 0 aliphatic rings. The van der Waals surface area contributed by atoms with Crippen LogP contribution >= 0.6 is 0 Å².